The maximum atomic E-state index is 10.8. The molecule has 1 aliphatic rings. The highest BCUT2D eigenvalue weighted by Gasteiger charge is 2.16. The van der Waals surface area contributed by atoms with Crippen molar-refractivity contribution < 1.29 is 19.4 Å². The van der Waals surface area contributed by atoms with Gasteiger partial charge in [-0.3, -0.25) is 4.57 Å². The largest absolute Gasteiger partial charge is 0.481 e. The van der Waals surface area contributed by atoms with Crippen molar-refractivity contribution in [2.45, 2.75) is 13.2 Å². The van der Waals surface area contributed by atoms with Gasteiger partial charge < -0.3 is 14.6 Å². The highest BCUT2D eigenvalue weighted by molar-refractivity contribution is 5.70. The lowest BCUT2D eigenvalue weighted by Gasteiger charge is -2.13. The smallest absolute Gasteiger partial charge is 0.341 e. The van der Waals surface area contributed by atoms with E-state index in [0.717, 1.165) is 11.3 Å². The van der Waals surface area contributed by atoms with Crippen molar-refractivity contribution in [3.05, 3.63) is 66.0 Å². The molecule has 0 saturated heterocycles. The number of rotatable bonds is 5. The van der Waals surface area contributed by atoms with E-state index < -0.39 is 12.6 Å². The minimum atomic E-state index is -1.02. The Morgan fingerprint density at radius 1 is 1.20 bits per heavy atom. The number of carbonyl (C=O) groups is 1. The summed E-state index contributed by atoms with van der Waals surface area (Å²) < 4.78 is 12.8. The number of aliphatic carboxylic acids is 1. The second-order valence-corrected chi connectivity index (χ2v) is 5.75. The summed E-state index contributed by atoms with van der Waals surface area (Å²) in [5.74, 6) is 0.165. The van der Waals surface area contributed by atoms with Crippen molar-refractivity contribution in [3.63, 3.8) is 0 Å². The predicted molar refractivity (Wildman–Crippen MR) is 90.6 cm³/mol. The molecule has 25 heavy (non-hydrogen) atoms. The first-order valence-corrected chi connectivity index (χ1v) is 7.89. The molecule has 126 valence electrons. The maximum Gasteiger partial charge on any atom is 0.341 e. The monoisotopic (exact) mass is 336 g/mol. The van der Waals surface area contributed by atoms with Gasteiger partial charge in [-0.1, -0.05) is 18.2 Å². The molecule has 1 aromatic heterocycles. The van der Waals surface area contributed by atoms with Gasteiger partial charge in [0, 0.05) is 18.1 Å². The van der Waals surface area contributed by atoms with Gasteiger partial charge in [0.25, 0.3) is 0 Å². The lowest BCUT2D eigenvalue weighted by Crippen LogP contribution is -2.10. The van der Waals surface area contributed by atoms with Crippen LogP contribution in [-0.4, -0.2) is 27.2 Å². The summed E-state index contributed by atoms with van der Waals surface area (Å²) in [7, 11) is 0. The van der Waals surface area contributed by atoms with Gasteiger partial charge in [0.15, 0.2) is 6.61 Å². The Bertz CT molecular complexity index is 933. The van der Waals surface area contributed by atoms with Crippen molar-refractivity contribution in [3.8, 4) is 22.8 Å². The number of hydrogen-bond acceptors (Lipinski definition) is 4. The number of carboxylic acid groups (broad SMARTS) is 1. The van der Waals surface area contributed by atoms with Crippen molar-refractivity contribution in [2.75, 3.05) is 6.61 Å². The topological polar surface area (TPSA) is 73.6 Å². The van der Waals surface area contributed by atoms with Crippen LogP contribution in [0.15, 0.2) is 54.9 Å². The van der Waals surface area contributed by atoms with E-state index in [1.54, 1.807) is 18.3 Å². The molecule has 0 radical (unpaired) electrons. The van der Waals surface area contributed by atoms with Crippen LogP contribution in [0.5, 0.6) is 5.75 Å². The van der Waals surface area contributed by atoms with E-state index in [4.69, 9.17) is 14.6 Å². The molecule has 3 aromatic rings. The van der Waals surface area contributed by atoms with Crippen LogP contribution in [-0.2, 0) is 22.7 Å². The Morgan fingerprint density at radius 2 is 2.04 bits per heavy atom. The number of fused-ring (bicyclic) bond motifs is 1. The van der Waals surface area contributed by atoms with Crippen molar-refractivity contribution >= 4 is 5.97 Å². The zero-order valence-electron chi connectivity index (χ0n) is 13.4. The van der Waals surface area contributed by atoms with Gasteiger partial charge in [-0.05, 0) is 35.4 Å². The van der Waals surface area contributed by atoms with E-state index in [1.165, 1.54) is 11.1 Å². The van der Waals surface area contributed by atoms with Gasteiger partial charge in [0.2, 0.25) is 0 Å². The number of hydrogen-bond donors (Lipinski definition) is 1. The number of ether oxygens (including phenoxy) is 2. The second-order valence-electron chi connectivity index (χ2n) is 5.75. The lowest BCUT2D eigenvalue weighted by molar-refractivity contribution is -0.139. The van der Waals surface area contributed by atoms with E-state index >= 15 is 0 Å². The number of aromatic nitrogens is 2. The fourth-order valence-electron chi connectivity index (χ4n) is 2.94. The number of imidazole rings is 1. The third-order valence-corrected chi connectivity index (χ3v) is 4.10. The maximum absolute atomic E-state index is 10.8. The van der Waals surface area contributed by atoms with E-state index in [0.29, 0.717) is 24.8 Å². The van der Waals surface area contributed by atoms with Gasteiger partial charge in [-0.2, -0.15) is 0 Å². The van der Waals surface area contributed by atoms with E-state index in [1.807, 2.05) is 29.0 Å². The third-order valence-electron chi connectivity index (χ3n) is 4.10. The first-order valence-electron chi connectivity index (χ1n) is 7.89. The van der Waals surface area contributed by atoms with Crippen LogP contribution in [0.4, 0.5) is 0 Å². The molecular formula is C19H16N2O4. The van der Waals surface area contributed by atoms with Crippen LogP contribution < -0.4 is 4.74 Å². The minimum Gasteiger partial charge on any atom is -0.481 e. The molecule has 0 spiro atoms. The molecule has 1 aliphatic heterocycles. The Hall–Kier alpha value is -3.12. The quantitative estimate of drug-likeness (QED) is 0.775. The summed E-state index contributed by atoms with van der Waals surface area (Å²) in [6.45, 7) is 0.873. The molecular weight excluding hydrogens is 320 g/mol. The first-order chi connectivity index (χ1) is 12.2. The van der Waals surface area contributed by atoms with Crippen molar-refractivity contribution in [1.29, 1.82) is 0 Å². The average Bonchev–Trinajstić information content (AvgIpc) is 3.28. The van der Waals surface area contributed by atoms with Gasteiger partial charge in [-0.25, -0.2) is 9.78 Å². The zero-order chi connectivity index (χ0) is 17.2. The fraction of sp³-hybridized carbons (Fsp3) is 0.158. The number of para-hydroxylation sites is 1. The Balaban J connectivity index is 1.74. The van der Waals surface area contributed by atoms with Crippen LogP contribution in [0.3, 0.4) is 0 Å². The van der Waals surface area contributed by atoms with Crippen molar-refractivity contribution in [1.82, 2.24) is 9.55 Å². The summed E-state index contributed by atoms with van der Waals surface area (Å²) >= 11 is 0. The Morgan fingerprint density at radius 3 is 2.92 bits per heavy atom. The van der Waals surface area contributed by atoms with Crippen LogP contribution in [0.2, 0.25) is 0 Å². The van der Waals surface area contributed by atoms with Crippen LogP contribution in [0.25, 0.3) is 17.1 Å². The molecule has 4 rings (SSSR count). The first kappa shape index (κ1) is 15.4. The molecule has 0 bridgehead atoms. The van der Waals surface area contributed by atoms with Gasteiger partial charge in [0.05, 0.1) is 18.8 Å². The summed E-state index contributed by atoms with van der Waals surface area (Å²) in [4.78, 5) is 15.3. The van der Waals surface area contributed by atoms with E-state index in [-0.39, 0.29) is 0 Å². The third kappa shape index (κ3) is 2.99. The molecule has 6 heteroatoms. The summed E-state index contributed by atoms with van der Waals surface area (Å²) in [6.07, 6.45) is 3.59. The second kappa shape index (κ2) is 6.41. The summed E-state index contributed by atoms with van der Waals surface area (Å²) in [5.41, 5.74) is 4.10. The highest BCUT2D eigenvalue weighted by atomic mass is 16.5. The normalized spacial score (nSPS) is 12.8. The number of nitrogens with zero attached hydrogens (tertiary/aromatic N) is 2. The number of carboxylic acids is 1. The zero-order valence-corrected chi connectivity index (χ0v) is 13.4. The van der Waals surface area contributed by atoms with Crippen molar-refractivity contribution in [2.24, 2.45) is 0 Å². The Labute approximate surface area is 144 Å². The molecule has 0 fully saturated rings. The molecule has 0 saturated carbocycles. The molecule has 2 aromatic carbocycles. The molecule has 1 N–H and O–H groups in total. The van der Waals surface area contributed by atoms with Crippen LogP contribution in [0, 0.1) is 0 Å². The van der Waals surface area contributed by atoms with E-state index in [2.05, 4.69) is 17.1 Å². The van der Waals surface area contributed by atoms with Crippen LogP contribution in [0.1, 0.15) is 11.1 Å². The van der Waals surface area contributed by atoms with Gasteiger partial charge in [-0.15, -0.1) is 0 Å². The molecule has 0 atom stereocenters. The standard InChI is InChI=1S/C19H16N2O4/c22-18(23)12-25-17-4-2-1-3-16(17)19-20-7-8-21(19)15-6-5-13-10-24-11-14(13)9-15/h1-9H,10-12H2,(H,22,23). The molecule has 0 amide bonds. The average molecular weight is 336 g/mol. The molecule has 2 heterocycles. The summed E-state index contributed by atoms with van der Waals surface area (Å²) in [6, 6.07) is 13.5. The molecule has 6 nitrogen and oxygen atoms in total. The minimum absolute atomic E-state index is 0.395. The fourth-order valence-corrected chi connectivity index (χ4v) is 2.94. The highest BCUT2D eigenvalue weighted by Crippen LogP contribution is 2.31. The number of benzene rings is 2. The summed E-state index contributed by atoms with van der Waals surface area (Å²) in [5, 5.41) is 8.86. The Kier molecular flexibility index (Phi) is 3.95. The van der Waals surface area contributed by atoms with Gasteiger partial charge in [0.1, 0.15) is 11.6 Å². The van der Waals surface area contributed by atoms with Gasteiger partial charge >= 0.3 is 5.97 Å². The lowest BCUT2D eigenvalue weighted by atomic mass is 10.1. The predicted octanol–water partition coefficient (Wildman–Crippen LogP) is 3.03. The molecule has 0 unspecified atom stereocenters. The van der Waals surface area contributed by atoms with E-state index in [9.17, 15) is 4.79 Å². The van der Waals surface area contributed by atoms with Crippen LogP contribution >= 0.6 is 0 Å². The SMILES string of the molecule is O=C(O)COc1ccccc1-c1nccn1-c1ccc2c(c1)COC2. The molecule has 0 aliphatic carbocycles.